The fraction of sp³-hybridized carbons (Fsp3) is 0.923. The Morgan fingerprint density at radius 3 is 2.43 bits per heavy atom. The molecule has 0 spiro atoms. The first-order chi connectivity index (χ1) is 9.35. The predicted molar refractivity (Wildman–Crippen MR) is 92.2 cm³/mol. The topological polar surface area (TPSA) is 53.6 Å². The second-order valence-corrected chi connectivity index (χ2v) is 4.96. The van der Waals surface area contributed by atoms with Crippen LogP contribution in [0.5, 0.6) is 0 Å². The lowest BCUT2D eigenvalue weighted by Gasteiger charge is -2.17. The largest absolute Gasteiger partial charge is 0.401 e. The van der Waals surface area contributed by atoms with E-state index in [1.54, 1.807) is 0 Å². The van der Waals surface area contributed by atoms with Gasteiger partial charge in [-0.1, -0.05) is 26.2 Å². The van der Waals surface area contributed by atoms with Gasteiger partial charge < -0.3 is 11.1 Å². The third-order valence-corrected chi connectivity index (χ3v) is 2.77. The molecule has 0 aromatic carbocycles. The van der Waals surface area contributed by atoms with Gasteiger partial charge in [0.05, 0.1) is 6.54 Å². The van der Waals surface area contributed by atoms with Crippen molar-refractivity contribution in [3.8, 4) is 0 Å². The van der Waals surface area contributed by atoms with Crippen molar-refractivity contribution in [1.29, 1.82) is 0 Å². The second-order valence-electron chi connectivity index (χ2n) is 4.96. The van der Waals surface area contributed by atoms with E-state index in [0.29, 0.717) is 25.5 Å². The van der Waals surface area contributed by atoms with Crippen LogP contribution in [0.15, 0.2) is 4.99 Å². The molecule has 0 unspecified atom stereocenters. The highest BCUT2D eigenvalue weighted by Gasteiger charge is 2.28. The molecule has 21 heavy (non-hydrogen) atoms. The van der Waals surface area contributed by atoms with Gasteiger partial charge in [0, 0.05) is 13.1 Å². The maximum absolute atomic E-state index is 12.1. The van der Waals surface area contributed by atoms with E-state index in [2.05, 4.69) is 17.2 Å². The van der Waals surface area contributed by atoms with Crippen molar-refractivity contribution >= 4 is 29.9 Å². The highest BCUT2D eigenvalue weighted by atomic mass is 127. The summed E-state index contributed by atoms with van der Waals surface area (Å²) >= 11 is 0. The van der Waals surface area contributed by atoms with Gasteiger partial charge in [0.2, 0.25) is 0 Å². The third kappa shape index (κ3) is 17.7. The van der Waals surface area contributed by atoms with Crippen LogP contribution in [0.2, 0.25) is 0 Å². The van der Waals surface area contributed by atoms with Crippen molar-refractivity contribution in [2.45, 2.75) is 45.2 Å². The van der Waals surface area contributed by atoms with Crippen molar-refractivity contribution in [2.24, 2.45) is 10.7 Å². The van der Waals surface area contributed by atoms with Gasteiger partial charge in [0.1, 0.15) is 0 Å². The lowest BCUT2D eigenvalue weighted by Crippen LogP contribution is -2.33. The molecular formula is C13H28F3IN4. The Hall–Kier alpha value is -0.250. The number of aliphatic imine (C=N–C) groups is 1. The summed E-state index contributed by atoms with van der Waals surface area (Å²) in [6.07, 6.45) is 1.04. The summed E-state index contributed by atoms with van der Waals surface area (Å²) in [7, 11) is 1.45. The summed E-state index contributed by atoms with van der Waals surface area (Å²) in [5, 5.41) is 3.00. The van der Waals surface area contributed by atoms with Crippen LogP contribution in [0.25, 0.3) is 0 Å². The standard InChI is InChI=1S/C13H27F3N4.HI/c1-3-4-5-6-8-18-12(17)19-9-7-10-20(2)11-13(14,15)16;/h3-11H2,1-2H3,(H3,17,18,19);1H. The summed E-state index contributed by atoms with van der Waals surface area (Å²) in [6.45, 7) is 2.85. The first-order valence-electron chi connectivity index (χ1n) is 7.14. The normalized spacial score (nSPS) is 12.4. The molecule has 0 saturated heterocycles. The van der Waals surface area contributed by atoms with Gasteiger partial charge in [-0.25, -0.2) is 0 Å². The van der Waals surface area contributed by atoms with E-state index in [9.17, 15) is 13.2 Å². The molecule has 0 heterocycles. The van der Waals surface area contributed by atoms with Crippen molar-refractivity contribution in [1.82, 2.24) is 10.2 Å². The van der Waals surface area contributed by atoms with E-state index in [-0.39, 0.29) is 24.0 Å². The van der Waals surface area contributed by atoms with Crippen LogP contribution in [-0.2, 0) is 0 Å². The molecule has 8 heteroatoms. The van der Waals surface area contributed by atoms with Crippen molar-refractivity contribution < 1.29 is 13.2 Å². The van der Waals surface area contributed by atoms with Crippen LogP contribution in [0.1, 0.15) is 39.0 Å². The summed E-state index contributed by atoms with van der Waals surface area (Å²) in [6, 6.07) is 0. The number of guanidine groups is 1. The predicted octanol–water partition coefficient (Wildman–Crippen LogP) is 2.97. The molecule has 0 aliphatic heterocycles. The Morgan fingerprint density at radius 1 is 1.19 bits per heavy atom. The zero-order chi connectivity index (χ0) is 15.4. The van der Waals surface area contributed by atoms with Crippen LogP contribution < -0.4 is 11.1 Å². The number of hydrogen-bond acceptors (Lipinski definition) is 2. The number of nitrogens with two attached hydrogens (primary N) is 1. The number of unbranched alkanes of at least 4 members (excludes halogenated alkanes) is 3. The minimum Gasteiger partial charge on any atom is -0.370 e. The molecule has 0 fully saturated rings. The van der Waals surface area contributed by atoms with Crippen molar-refractivity contribution in [3.63, 3.8) is 0 Å². The Bertz CT molecular complexity index is 273. The fourth-order valence-corrected chi connectivity index (χ4v) is 1.75. The smallest absolute Gasteiger partial charge is 0.370 e. The van der Waals surface area contributed by atoms with Gasteiger partial charge in [-0.2, -0.15) is 13.2 Å². The SMILES string of the molecule is CCCCCCNC(N)=NCCCN(C)CC(F)(F)F.I. The molecule has 0 atom stereocenters. The number of halogens is 4. The molecule has 0 bridgehead atoms. The summed E-state index contributed by atoms with van der Waals surface area (Å²) in [4.78, 5) is 5.33. The van der Waals surface area contributed by atoms with Crippen molar-refractivity contribution in [3.05, 3.63) is 0 Å². The second kappa shape index (κ2) is 13.4. The molecule has 0 aromatic rings. The average Bonchev–Trinajstić information content (AvgIpc) is 2.32. The lowest BCUT2D eigenvalue weighted by molar-refractivity contribution is -0.143. The third-order valence-electron chi connectivity index (χ3n) is 2.77. The number of nitrogens with zero attached hydrogens (tertiary/aromatic N) is 2. The van der Waals surface area contributed by atoms with E-state index in [1.165, 1.54) is 31.2 Å². The molecule has 0 saturated carbocycles. The fourth-order valence-electron chi connectivity index (χ4n) is 1.75. The van der Waals surface area contributed by atoms with E-state index in [4.69, 9.17) is 5.73 Å². The van der Waals surface area contributed by atoms with Crippen LogP contribution >= 0.6 is 24.0 Å². The van der Waals surface area contributed by atoms with Gasteiger partial charge in [0.25, 0.3) is 0 Å². The van der Waals surface area contributed by atoms with E-state index in [1.807, 2.05) is 0 Å². The quantitative estimate of drug-likeness (QED) is 0.246. The van der Waals surface area contributed by atoms with Crippen LogP contribution in [0, 0.1) is 0 Å². The summed E-state index contributed by atoms with van der Waals surface area (Å²) in [5.74, 6) is 0.375. The van der Waals surface area contributed by atoms with Crippen LogP contribution in [-0.4, -0.2) is 50.3 Å². The number of rotatable bonds is 10. The summed E-state index contributed by atoms with van der Waals surface area (Å²) in [5.41, 5.74) is 5.65. The molecule has 0 aliphatic carbocycles. The highest BCUT2D eigenvalue weighted by Crippen LogP contribution is 2.15. The molecule has 4 nitrogen and oxygen atoms in total. The van der Waals surface area contributed by atoms with Crippen LogP contribution in [0.4, 0.5) is 13.2 Å². The van der Waals surface area contributed by atoms with E-state index >= 15 is 0 Å². The first kappa shape index (κ1) is 23.0. The zero-order valence-corrected chi connectivity index (χ0v) is 15.2. The van der Waals surface area contributed by atoms with Crippen LogP contribution in [0.3, 0.4) is 0 Å². The molecule has 0 rings (SSSR count). The molecule has 0 aromatic heterocycles. The Kier molecular flexibility index (Phi) is 14.7. The molecule has 128 valence electrons. The highest BCUT2D eigenvalue weighted by molar-refractivity contribution is 14.0. The molecule has 0 aliphatic rings. The minimum atomic E-state index is -4.14. The number of nitrogens with one attached hydrogen (secondary N) is 1. The molecule has 0 radical (unpaired) electrons. The monoisotopic (exact) mass is 424 g/mol. The summed E-state index contributed by atoms with van der Waals surface area (Å²) < 4.78 is 36.2. The number of hydrogen-bond donors (Lipinski definition) is 2. The average molecular weight is 424 g/mol. The van der Waals surface area contributed by atoms with Gasteiger partial charge in [0.15, 0.2) is 5.96 Å². The van der Waals surface area contributed by atoms with Crippen molar-refractivity contribution in [2.75, 3.05) is 33.2 Å². The van der Waals surface area contributed by atoms with Gasteiger partial charge in [-0.15, -0.1) is 24.0 Å². The molecule has 3 N–H and O–H groups in total. The lowest BCUT2D eigenvalue weighted by atomic mass is 10.2. The maximum Gasteiger partial charge on any atom is 0.401 e. The van der Waals surface area contributed by atoms with Gasteiger partial charge >= 0.3 is 6.18 Å². The first-order valence-corrected chi connectivity index (χ1v) is 7.14. The molecular weight excluding hydrogens is 396 g/mol. The Labute approximate surface area is 142 Å². The minimum absolute atomic E-state index is 0. The Balaban J connectivity index is 0. The Morgan fingerprint density at radius 2 is 1.86 bits per heavy atom. The number of alkyl halides is 3. The molecule has 0 amide bonds. The van der Waals surface area contributed by atoms with E-state index < -0.39 is 12.7 Å². The van der Waals surface area contributed by atoms with Gasteiger partial charge in [-0.05, 0) is 26.4 Å². The maximum atomic E-state index is 12.1. The van der Waals surface area contributed by atoms with Gasteiger partial charge in [-0.3, -0.25) is 9.89 Å². The van der Waals surface area contributed by atoms with E-state index in [0.717, 1.165) is 13.0 Å². The zero-order valence-electron chi connectivity index (χ0n) is 12.9.